The largest absolute Gasteiger partial charge is 0.391 e. The van der Waals surface area contributed by atoms with Gasteiger partial charge in [0.1, 0.15) is 24.4 Å². The molecule has 1 heterocycles. The Balaban J connectivity index is 2.70. The first-order chi connectivity index (χ1) is 5.95. The predicted molar refractivity (Wildman–Crippen MR) is 40.6 cm³/mol. The van der Waals surface area contributed by atoms with E-state index < -0.39 is 36.8 Å². The third kappa shape index (κ3) is 1.98. The number of aliphatic hydroxyl groups is 5. The fourth-order valence-electron chi connectivity index (χ4n) is 1.29. The van der Waals surface area contributed by atoms with Crippen LogP contribution in [-0.4, -0.2) is 62.3 Å². The van der Waals surface area contributed by atoms with E-state index in [1.807, 2.05) is 0 Å². The first-order valence-corrected chi connectivity index (χ1v) is 4.01. The maximum absolute atomic E-state index is 9.29. The second-order valence-corrected chi connectivity index (χ2v) is 3.20. The molecule has 6 atom stereocenters. The molecule has 0 aromatic rings. The number of rotatable bonds is 1. The maximum atomic E-state index is 9.29. The summed E-state index contributed by atoms with van der Waals surface area (Å²) in [6.07, 6.45) is -8.18. The molecule has 0 saturated carbocycles. The fourth-order valence-corrected chi connectivity index (χ4v) is 1.29. The topological polar surface area (TPSA) is 110 Å². The molecule has 6 nitrogen and oxygen atoms in total. The van der Waals surface area contributed by atoms with Crippen molar-refractivity contribution in [3.05, 3.63) is 0 Å². The van der Waals surface area contributed by atoms with E-state index in [0.717, 1.165) is 0 Å². The van der Waals surface area contributed by atoms with Crippen LogP contribution in [0.3, 0.4) is 0 Å². The second-order valence-electron chi connectivity index (χ2n) is 3.20. The molecule has 0 aromatic carbocycles. The lowest BCUT2D eigenvalue weighted by Crippen LogP contribution is -2.60. The Morgan fingerprint density at radius 1 is 1.00 bits per heavy atom. The second kappa shape index (κ2) is 3.87. The molecule has 1 rings (SSSR count). The summed E-state index contributed by atoms with van der Waals surface area (Å²) in [7, 11) is 0. The fraction of sp³-hybridized carbons (Fsp3) is 1.00. The highest BCUT2D eigenvalue weighted by molar-refractivity contribution is 4.90. The van der Waals surface area contributed by atoms with Crippen molar-refractivity contribution in [3.8, 4) is 0 Å². The van der Waals surface area contributed by atoms with Crippen molar-refractivity contribution < 1.29 is 30.3 Å². The summed E-state index contributed by atoms with van der Waals surface area (Å²) in [5, 5.41) is 45.6. The highest BCUT2D eigenvalue weighted by Gasteiger charge is 2.44. The molecule has 1 aliphatic rings. The van der Waals surface area contributed by atoms with E-state index in [9.17, 15) is 10.2 Å². The molecule has 13 heavy (non-hydrogen) atoms. The lowest BCUT2D eigenvalue weighted by molar-refractivity contribution is -0.295. The number of aliphatic hydroxyl groups excluding tert-OH is 5. The van der Waals surface area contributed by atoms with Crippen LogP contribution in [0.1, 0.15) is 6.92 Å². The molecule has 0 aliphatic carbocycles. The van der Waals surface area contributed by atoms with Gasteiger partial charge >= 0.3 is 0 Å². The minimum atomic E-state index is -1.59. The Morgan fingerprint density at radius 2 is 1.54 bits per heavy atom. The Morgan fingerprint density at radius 3 is 2.00 bits per heavy atom. The van der Waals surface area contributed by atoms with Crippen LogP contribution in [0.4, 0.5) is 0 Å². The van der Waals surface area contributed by atoms with Gasteiger partial charge in [0.2, 0.25) is 0 Å². The first-order valence-electron chi connectivity index (χ1n) is 4.01. The highest BCUT2D eigenvalue weighted by atomic mass is 16.6. The molecule has 0 amide bonds. The zero-order chi connectivity index (χ0) is 10.2. The lowest BCUT2D eigenvalue weighted by atomic mass is 9.96. The standard InChI is InChI=1S/C7H14O6/c1-2(8)6-4(10)3(9)5(11)7(12)13-6/h2-12H,1H3/t2?,3-,4+,5?,6?,7+/m0/s1. The molecule has 0 radical (unpaired) electrons. The van der Waals surface area contributed by atoms with Crippen LogP contribution in [-0.2, 0) is 4.74 Å². The Kier molecular flexibility index (Phi) is 3.23. The molecular formula is C7H14O6. The Labute approximate surface area is 75.0 Å². The van der Waals surface area contributed by atoms with Gasteiger partial charge in [-0.25, -0.2) is 0 Å². The lowest BCUT2D eigenvalue weighted by Gasteiger charge is -2.39. The van der Waals surface area contributed by atoms with Gasteiger partial charge < -0.3 is 30.3 Å². The van der Waals surface area contributed by atoms with Gasteiger partial charge in [-0.05, 0) is 6.92 Å². The highest BCUT2D eigenvalue weighted by Crippen LogP contribution is 2.21. The normalized spacial score (nSPS) is 48.9. The molecule has 1 fully saturated rings. The zero-order valence-electron chi connectivity index (χ0n) is 7.11. The summed E-state index contributed by atoms with van der Waals surface area (Å²) in [5.74, 6) is 0. The Bertz CT molecular complexity index is 172. The smallest absolute Gasteiger partial charge is 0.184 e. The monoisotopic (exact) mass is 194 g/mol. The van der Waals surface area contributed by atoms with Crippen molar-refractivity contribution >= 4 is 0 Å². The molecular weight excluding hydrogens is 180 g/mol. The summed E-state index contributed by atoms with van der Waals surface area (Å²) in [6.45, 7) is 1.35. The number of hydrogen-bond donors (Lipinski definition) is 5. The van der Waals surface area contributed by atoms with Crippen molar-refractivity contribution in [3.63, 3.8) is 0 Å². The van der Waals surface area contributed by atoms with Crippen LogP contribution < -0.4 is 0 Å². The third-order valence-corrected chi connectivity index (χ3v) is 2.10. The molecule has 6 heteroatoms. The number of hydrogen-bond acceptors (Lipinski definition) is 6. The van der Waals surface area contributed by atoms with Crippen molar-refractivity contribution in [2.24, 2.45) is 0 Å². The molecule has 0 spiro atoms. The minimum absolute atomic E-state index is 1.04. The van der Waals surface area contributed by atoms with Gasteiger partial charge in [-0.2, -0.15) is 0 Å². The summed E-state index contributed by atoms with van der Waals surface area (Å²) >= 11 is 0. The first kappa shape index (κ1) is 10.8. The van der Waals surface area contributed by atoms with Crippen LogP contribution >= 0.6 is 0 Å². The van der Waals surface area contributed by atoms with Gasteiger partial charge in [-0.1, -0.05) is 0 Å². The summed E-state index contributed by atoms with van der Waals surface area (Å²) in [5.41, 5.74) is 0. The zero-order valence-corrected chi connectivity index (χ0v) is 7.11. The van der Waals surface area contributed by atoms with E-state index in [0.29, 0.717) is 0 Å². The van der Waals surface area contributed by atoms with Crippen molar-refractivity contribution in [2.75, 3.05) is 0 Å². The average Bonchev–Trinajstić information content (AvgIpc) is 2.07. The molecule has 0 bridgehead atoms. The molecule has 5 N–H and O–H groups in total. The van der Waals surface area contributed by atoms with Gasteiger partial charge in [0.15, 0.2) is 6.29 Å². The molecule has 78 valence electrons. The van der Waals surface area contributed by atoms with Crippen LogP contribution in [0.15, 0.2) is 0 Å². The van der Waals surface area contributed by atoms with E-state index in [1.54, 1.807) is 0 Å². The van der Waals surface area contributed by atoms with Gasteiger partial charge in [0.05, 0.1) is 6.10 Å². The third-order valence-electron chi connectivity index (χ3n) is 2.10. The summed E-state index contributed by atoms with van der Waals surface area (Å²) < 4.78 is 4.69. The average molecular weight is 194 g/mol. The van der Waals surface area contributed by atoms with Crippen molar-refractivity contribution in [1.29, 1.82) is 0 Å². The predicted octanol–water partition coefficient (Wildman–Crippen LogP) is -2.83. The van der Waals surface area contributed by atoms with Gasteiger partial charge in [-0.15, -0.1) is 0 Å². The van der Waals surface area contributed by atoms with E-state index in [-0.39, 0.29) is 0 Å². The molecule has 0 aromatic heterocycles. The minimum Gasteiger partial charge on any atom is -0.391 e. The SMILES string of the molecule is CC(O)C1O[C@@H](O)C(O)[C@@H](O)[C@H]1O. The molecule has 1 saturated heterocycles. The van der Waals surface area contributed by atoms with Gasteiger partial charge in [0.25, 0.3) is 0 Å². The van der Waals surface area contributed by atoms with Crippen LogP contribution in [0.2, 0.25) is 0 Å². The molecule has 3 unspecified atom stereocenters. The van der Waals surface area contributed by atoms with Crippen LogP contribution in [0.5, 0.6) is 0 Å². The van der Waals surface area contributed by atoms with Gasteiger partial charge in [0, 0.05) is 0 Å². The maximum Gasteiger partial charge on any atom is 0.184 e. The quantitative estimate of drug-likeness (QED) is 0.308. The van der Waals surface area contributed by atoms with E-state index in [1.165, 1.54) is 6.92 Å². The van der Waals surface area contributed by atoms with Gasteiger partial charge in [-0.3, -0.25) is 0 Å². The van der Waals surface area contributed by atoms with E-state index in [2.05, 4.69) is 4.74 Å². The van der Waals surface area contributed by atoms with E-state index >= 15 is 0 Å². The Hall–Kier alpha value is -0.240. The number of ether oxygens (including phenoxy) is 1. The summed E-state index contributed by atoms with van der Waals surface area (Å²) in [4.78, 5) is 0. The van der Waals surface area contributed by atoms with Crippen molar-refractivity contribution in [2.45, 2.75) is 43.7 Å². The van der Waals surface area contributed by atoms with Crippen molar-refractivity contribution in [1.82, 2.24) is 0 Å². The summed E-state index contributed by atoms with van der Waals surface area (Å²) in [6, 6.07) is 0. The molecule has 1 aliphatic heterocycles. The van der Waals surface area contributed by atoms with Crippen LogP contribution in [0.25, 0.3) is 0 Å². The van der Waals surface area contributed by atoms with E-state index in [4.69, 9.17) is 15.3 Å². The van der Waals surface area contributed by atoms with Crippen LogP contribution in [0, 0.1) is 0 Å².